The highest BCUT2D eigenvalue weighted by molar-refractivity contribution is 5.92. The van der Waals surface area contributed by atoms with E-state index in [9.17, 15) is 9.59 Å². The average Bonchev–Trinajstić information content (AvgIpc) is 3.42. The van der Waals surface area contributed by atoms with Crippen molar-refractivity contribution in [3.8, 4) is 17.2 Å². The van der Waals surface area contributed by atoms with Crippen LogP contribution in [0.5, 0.6) is 17.2 Å². The smallest absolute Gasteiger partial charge is 0.231 e. The summed E-state index contributed by atoms with van der Waals surface area (Å²) in [6, 6.07) is 13.4. The van der Waals surface area contributed by atoms with Gasteiger partial charge in [0.15, 0.2) is 11.5 Å². The average molecular weight is 396 g/mol. The molecule has 4 rings (SSSR count). The molecule has 1 fully saturated rings. The molecule has 7 nitrogen and oxygen atoms in total. The topological polar surface area (TPSA) is 85.9 Å². The summed E-state index contributed by atoms with van der Waals surface area (Å²) < 4.78 is 15.8. The van der Waals surface area contributed by atoms with Crippen molar-refractivity contribution in [3.63, 3.8) is 0 Å². The zero-order valence-electron chi connectivity index (χ0n) is 16.3. The SMILES string of the molecule is COc1ccc(CCNC(=O)C2CC2C(=O)NCc2ccc3c(c2)OCO3)cc1. The number of hydrogen-bond acceptors (Lipinski definition) is 5. The number of nitrogens with one attached hydrogen (secondary N) is 2. The fourth-order valence-electron chi connectivity index (χ4n) is 3.40. The van der Waals surface area contributed by atoms with E-state index in [-0.39, 0.29) is 30.4 Å². The van der Waals surface area contributed by atoms with Gasteiger partial charge in [-0.15, -0.1) is 0 Å². The molecule has 0 bridgehead atoms. The molecule has 1 aliphatic heterocycles. The molecular formula is C22H24N2O5. The summed E-state index contributed by atoms with van der Waals surface area (Å²) in [5, 5.41) is 5.83. The third kappa shape index (κ3) is 4.62. The van der Waals surface area contributed by atoms with Crippen LogP contribution < -0.4 is 24.8 Å². The number of benzene rings is 2. The number of amides is 2. The van der Waals surface area contributed by atoms with E-state index in [2.05, 4.69) is 10.6 Å². The van der Waals surface area contributed by atoms with Gasteiger partial charge in [0.25, 0.3) is 0 Å². The molecule has 2 aliphatic rings. The van der Waals surface area contributed by atoms with Gasteiger partial charge in [-0.2, -0.15) is 0 Å². The van der Waals surface area contributed by atoms with E-state index >= 15 is 0 Å². The summed E-state index contributed by atoms with van der Waals surface area (Å²) in [6.45, 7) is 1.17. The Labute approximate surface area is 169 Å². The molecular weight excluding hydrogens is 372 g/mol. The lowest BCUT2D eigenvalue weighted by molar-refractivity contribution is -0.127. The largest absolute Gasteiger partial charge is 0.497 e. The molecule has 2 atom stereocenters. The van der Waals surface area contributed by atoms with Crippen LogP contribution in [0.1, 0.15) is 17.5 Å². The number of ether oxygens (including phenoxy) is 3. The second-order valence-corrected chi connectivity index (χ2v) is 7.24. The van der Waals surface area contributed by atoms with Crippen LogP contribution in [0.15, 0.2) is 42.5 Å². The van der Waals surface area contributed by atoms with Gasteiger partial charge in [-0.3, -0.25) is 9.59 Å². The number of methoxy groups -OCH3 is 1. The molecule has 1 saturated carbocycles. The Morgan fingerprint density at radius 3 is 2.41 bits per heavy atom. The van der Waals surface area contributed by atoms with Crippen molar-refractivity contribution in [2.75, 3.05) is 20.4 Å². The quantitative estimate of drug-likeness (QED) is 0.713. The summed E-state index contributed by atoms with van der Waals surface area (Å²) in [7, 11) is 1.63. The summed E-state index contributed by atoms with van der Waals surface area (Å²) in [4.78, 5) is 24.6. The van der Waals surface area contributed by atoms with E-state index in [1.165, 1.54) is 0 Å². The molecule has 2 amide bonds. The van der Waals surface area contributed by atoms with E-state index in [0.717, 1.165) is 23.3 Å². The Kier molecular flexibility index (Phi) is 5.55. The normalized spacial score (nSPS) is 18.8. The zero-order chi connectivity index (χ0) is 20.2. The maximum Gasteiger partial charge on any atom is 0.231 e. The lowest BCUT2D eigenvalue weighted by Crippen LogP contribution is -2.31. The maximum atomic E-state index is 12.3. The molecule has 0 saturated heterocycles. The lowest BCUT2D eigenvalue weighted by Gasteiger charge is -2.07. The van der Waals surface area contributed by atoms with Gasteiger partial charge >= 0.3 is 0 Å². The molecule has 2 aromatic carbocycles. The van der Waals surface area contributed by atoms with Gasteiger partial charge in [-0.05, 0) is 48.2 Å². The maximum absolute atomic E-state index is 12.3. The summed E-state index contributed by atoms with van der Waals surface area (Å²) in [5.41, 5.74) is 2.06. The molecule has 0 spiro atoms. The molecule has 0 aromatic heterocycles. The second kappa shape index (κ2) is 8.43. The van der Waals surface area contributed by atoms with Crippen molar-refractivity contribution in [1.82, 2.24) is 10.6 Å². The van der Waals surface area contributed by atoms with E-state index in [1.54, 1.807) is 7.11 Å². The molecule has 1 heterocycles. The van der Waals surface area contributed by atoms with Crippen molar-refractivity contribution in [2.24, 2.45) is 11.8 Å². The van der Waals surface area contributed by atoms with Crippen LogP contribution >= 0.6 is 0 Å². The Morgan fingerprint density at radius 1 is 0.966 bits per heavy atom. The van der Waals surface area contributed by atoms with Gasteiger partial charge in [0.1, 0.15) is 5.75 Å². The van der Waals surface area contributed by atoms with Gasteiger partial charge in [0.2, 0.25) is 18.6 Å². The number of hydrogen-bond donors (Lipinski definition) is 2. The number of fused-ring (bicyclic) bond motifs is 1. The fourth-order valence-corrected chi connectivity index (χ4v) is 3.40. The summed E-state index contributed by atoms with van der Waals surface area (Å²) in [5.74, 6) is 1.60. The van der Waals surface area contributed by atoms with Gasteiger partial charge in [0, 0.05) is 13.1 Å². The van der Waals surface area contributed by atoms with E-state index in [1.807, 2.05) is 42.5 Å². The predicted molar refractivity (Wildman–Crippen MR) is 106 cm³/mol. The standard InChI is InChI=1S/C22H24N2O5/c1-27-16-5-2-14(3-6-16)8-9-23-21(25)17-11-18(17)22(26)24-12-15-4-7-19-20(10-15)29-13-28-19/h2-7,10,17-18H,8-9,11-13H2,1H3,(H,23,25)(H,24,26). The predicted octanol–water partition coefficient (Wildman–Crippen LogP) is 2.04. The van der Waals surface area contributed by atoms with E-state index in [4.69, 9.17) is 14.2 Å². The minimum atomic E-state index is -0.245. The Balaban J connectivity index is 1.17. The highest BCUT2D eigenvalue weighted by atomic mass is 16.7. The number of rotatable bonds is 8. The third-order valence-electron chi connectivity index (χ3n) is 5.24. The molecule has 2 aromatic rings. The van der Waals surface area contributed by atoms with Crippen LogP contribution in [-0.4, -0.2) is 32.3 Å². The first-order chi connectivity index (χ1) is 14.1. The van der Waals surface area contributed by atoms with Gasteiger partial charge in [-0.25, -0.2) is 0 Å². The number of carbonyl (C=O) groups is 2. The van der Waals surface area contributed by atoms with Gasteiger partial charge in [0.05, 0.1) is 18.9 Å². The first-order valence-corrected chi connectivity index (χ1v) is 9.71. The molecule has 7 heteroatoms. The zero-order valence-corrected chi connectivity index (χ0v) is 16.3. The first-order valence-electron chi connectivity index (χ1n) is 9.71. The monoisotopic (exact) mass is 396 g/mol. The Bertz CT molecular complexity index is 897. The van der Waals surface area contributed by atoms with Crippen molar-refractivity contribution >= 4 is 11.8 Å². The van der Waals surface area contributed by atoms with E-state index in [0.29, 0.717) is 31.0 Å². The van der Waals surface area contributed by atoms with Crippen LogP contribution in [0, 0.1) is 11.8 Å². The minimum Gasteiger partial charge on any atom is -0.497 e. The van der Waals surface area contributed by atoms with Crippen LogP contribution in [0.3, 0.4) is 0 Å². The number of carbonyl (C=O) groups excluding carboxylic acids is 2. The Hall–Kier alpha value is -3.22. The highest BCUT2D eigenvalue weighted by Crippen LogP contribution is 2.39. The molecule has 2 unspecified atom stereocenters. The molecule has 1 aliphatic carbocycles. The van der Waals surface area contributed by atoms with Crippen molar-refractivity contribution < 1.29 is 23.8 Å². The highest BCUT2D eigenvalue weighted by Gasteiger charge is 2.47. The van der Waals surface area contributed by atoms with Crippen LogP contribution in [0.4, 0.5) is 0 Å². The summed E-state index contributed by atoms with van der Waals surface area (Å²) in [6.07, 6.45) is 1.34. The van der Waals surface area contributed by atoms with Gasteiger partial charge in [-0.1, -0.05) is 18.2 Å². The molecule has 29 heavy (non-hydrogen) atoms. The minimum absolute atomic E-state index is 0.0539. The first kappa shape index (κ1) is 19.1. The van der Waals surface area contributed by atoms with Gasteiger partial charge < -0.3 is 24.8 Å². The molecule has 2 N–H and O–H groups in total. The van der Waals surface area contributed by atoms with Crippen LogP contribution in [0.2, 0.25) is 0 Å². The van der Waals surface area contributed by atoms with Crippen molar-refractivity contribution in [1.29, 1.82) is 0 Å². The van der Waals surface area contributed by atoms with Crippen molar-refractivity contribution in [2.45, 2.75) is 19.4 Å². The molecule has 0 radical (unpaired) electrons. The van der Waals surface area contributed by atoms with E-state index < -0.39 is 0 Å². The Morgan fingerprint density at radius 2 is 1.66 bits per heavy atom. The van der Waals surface area contributed by atoms with Crippen LogP contribution in [-0.2, 0) is 22.6 Å². The lowest BCUT2D eigenvalue weighted by atomic mass is 10.1. The van der Waals surface area contributed by atoms with Crippen molar-refractivity contribution in [3.05, 3.63) is 53.6 Å². The molecule has 152 valence electrons. The van der Waals surface area contributed by atoms with Crippen LogP contribution in [0.25, 0.3) is 0 Å². The fraction of sp³-hybridized carbons (Fsp3) is 0.364. The second-order valence-electron chi connectivity index (χ2n) is 7.24. The third-order valence-corrected chi connectivity index (χ3v) is 5.24. The summed E-state index contributed by atoms with van der Waals surface area (Å²) >= 11 is 0.